The van der Waals surface area contributed by atoms with Crippen LogP contribution in [0.5, 0.6) is 5.75 Å². The lowest BCUT2D eigenvalue weighted by Gasteiger charge is -2.29. The Balaban J connectivity index is 1.39. The number of rotatable bonds is 9. The van der Waals surface area contributed by atoms with E-state index in [9.17, 15) is 17.6 Å². The minimum absolute atomic E-state index is 0.289. The van der Waals surface area contributed by atoms with Crippen LogP contribution in [0.3, 0.4) is 0 Å². The van der Waals surface area contributed by atoms with Crippen LogP contribution in [0.2, 0.25) is 0 Å². The van der Waals surface area contributed by atoms with Gasteiger partial charge in [-0.3, -0.25) is 0 Å². The smallest absolute Gasteiger partial charge is 0.403 e. The van der Waals surface area contributed by atoms with E-state index in [1.807, 2.05) is 18.2 Å². The van der Waals surface area contributed by atoms with Gasteiger partial charge in [0.1, 0.15) is 5.82 Å². The number of hydrogen-bond acceptors (Lipinski definition) is 2. The van der Waals surface area contributed by atoms with Crippen molar-refractivity contribution in [1.82, 2.24) is 0 Å². The van der Waals surface area contributed by atoms with E-state index >= 15 is 4.39 Å². The van der Waals surface area contributed by atoms with Gasteiger partial charge in [0.25, 0.3) is 0 Å². The Hall–Kier alpha value is -2.67. The van der Waals surface area contributed by atoms with Crippen LogP contribution in [0.25, 0.3) is 10.8 Å². The monoisotopic (exact) mass is 506 g/mol. The van der Waals surface area contributed by atoms with Crippen molar-refractivity contribution < 1.29 is 31.4 Å². The summed E-state index contributed by atoms with van der Waals surface area (Å²) in [5.41, 5.74) is 2.21. The molecule has 0 unspecified atom stereocenters. The average molecular weight is 507 g/mol. The SMILES string of the molecule is COCCCC1CCC(c2ccc3c(F)c(CCc4ccc(OC(F)(F)F)c(F)c4)ccc3c2)CC1. The maximum atomic E-state index is 15.2. The highest BCUT2D eigenvalue weighted by Gasteiger charge is 2.32. The molecule has 3 aromatic rings. The zero-order valence-electron chi connectivity index (χ0n) is 20.3. The Labute approximate surface area is 208 Å². The predicted molar refractivity (Wildman–Crippen MR) is 130 cm³/mol. The summed E-state index contributed by atoms with van der Waals surface area (Å²) in [6.07, 6.45) is 2.67. The first-order valence-corrected chi connectivity index (χ1v) is 12.5. The van der Waals surface area contributed by atoms with Crippen molar-refractivity contribution in [2.75, 3.05) is 13.7 Å². The molecule has 4 rings (SSSR count). The van der Waals surface area contributed by atoms with Crippen molar-refractivity contribution in [1.29, 1.82) is 0 Å². The van der Waals surface area contributed by atoms with E-state index in [1.54, 1.807) is 13.2 Å². The highest BCUT2D eigenvalue weighted by Crippen LogP contribution is 2.38. The molecular weight excluding hydrogens is 475 g/mol. The molecule has 0 amide bonds. The Bertz CT molecular complexity index is 1170. The van der Waals surface area contributed by atoms with E-state index in [-0.39, 0.29) is 12.2 Å². The lowest BCUT2D eigenvalue weighted by Crippen LogP contribution is -2.18. The fraction of sp³-hybridized carbons (Fsp3) is 0.448. The summed E-state index contributed by atoms with van der Waals surface area (Å²) >= 11 is 0. The van der Waals surface area contributed by atoms with Crippen LogP contribution < -0.4 is 4.74 Å². The molecule has 1 saturated carbocycles. The number of halogens is 5. The molecule has 36 heavy (non-hydrogen) atoms. The van der Waals surface area contributed by atoms with E-state index in [4.69, 9.17) is 4.74 Å². The van der Waals surface area contributed by atoms with Crippen molar-refractivity contribution in [3.8, 4) is 5.75 Å². The van der Waals surface area contributed by atoms with Crippen molar-refractivity contribution in [3.05, 3.63) is 76.9 Å². The Morgan fingerprint density at radius 1 is 0.889 bits per heavy atom. The number of benzene rings is 3. The molecule has 2 nitrogen and oxygen atoms in total. The van der Waals surface area contributed by atoms with Crippen molar-refractivity contribution in [2.24, 2.45) is 5.92 Å². The van der Waals surface area contributed by atoms with E-state index < -0.39 is 17.9 Å². The van der Waals surface area contributed by atoms with Crippen LogP contribution in [-0.4, -0.2) is 20.1 Å². The molecule has 1 aliphatic rings. The van der Waals surface area contributed by atoms with Crippen molar-refractivity contribution in [3.63, 3.8) is 0 Å². The van der Waals surface area contributed by atoms with Gasteiger partial charge in [-0.05, 0) is 97.4 Å². The quantitative estimate of drug-likeness (QED) is 0.214. The van der Waals surface area contributed by atoms with Crippen molar-refractivity contribution in [2.45, 2.75) is 63.6 Å². The van der Waals surface area contributed by atoms with Crippen LogP contribution in [0.1, 0.15) is 61.1 Å². The third kappa shape index (κ3) is 6.75. The zero-order chi connectivity index (χ0) is 25.7. The molecule has 0 heterocycles. The van der Waals surface area contributed by atoms with Crippen LogP contribution in [0, 0.1) is 17.6 Å². The molecule has 3 aromatic carbocycles. The maximum absolute atomic E-state index is 15.2. The number of fused-ring (bicyclic) bond motifs is 1. The topological polar surface area (TPSA) is 18.5 Å². The molecule has 0 N–H and O–H groups in total. The van der Waals surface area contributed by atoms with Gasteiger partial charge in [-0.2, -0.15) is 0 Å². The van der Waals surface area contributed by atoms with Crippen LogP contribution >= 0.6 is 0 Å². The normalized spacial score (nSPS) is 18.5. The fourth-order valence-corrected chi connectivity index (χ4v) is 5.29. The molecule has 0 radical (unpaired) electrons. The number of aryl methyl sites for hydroxylation is 2. The molecule has 0 bridgehead atoms. The van der Waals surface area contributed by atoms with Gasteiger partial charge < -0.3 is 9.47 Å². The Kier molecular flexibility index (Phi) is 8.50. The molecule has 194 valence electrons. The second-order valence-electron chi connectivity index (χ2n) is 9.68. The highest BCUT2D eigenvalue weighted by atomic mass is 19.4. The van der Waals surface area contributed by atoms with Gasteiger partial charge >= 0.3 is 6.36 Å². The molecule has 1 aliphatic carbocycles. The first-order chi connectivity index (χ1) is 17.2. The number of alkyl halides is 3. The zero-order valence-corrected chi connectivity index (χ0v) is 20.3. The van der Waals surface area contributed by atoms with Gasteiger partial charge in [0.2, 0.25) is 0 Å². The first kappa shape index (κ1) is 26.4. The summed E-state index contributed by atoms with van der Waals surface area (Å²) in [5.74, 6) is -1.02. The van der Waals surface area contributed by atoms with Gasteiger partial charge in [-0.1, -0.05) is 36.4 Å². The largest absolute Gasteiger partial charge is 0.573 e. The van der Waals surface area contributed by atoms with Gasteiger partial charge in [0.15, 0.2) is 11.6 Å². The Morgan fingerprint density at radius 3 is 2.36 bits per heavy atom. The van der Waals surface area contributed by atoms with Crippen molar-refractivity contribution >= 4 is 10.8 Å². The summed E-state index contributed by atoms with van der Waals surface area (Å²) in [6.45, 7) is 0.818. The number of methoxy groups -OCH3 is 1. The highest BCUT2D eigenvalue weighted by molar-refractivity contribution is 5.84. The predicted octanol–water partition coefficient (Wildman–Crippen LogP) is 8.50. The van der Waals surface area contributed by atoms with Gasteiger partial charge in [0.05, 0.1) is 0 Å². The van der Waals surface area contributed by atoms with Gasteiger partial charge in [0, 0.05) is 19.1 Å². The summed E-state index contributed by atoms with van der Waals surface area (Å²) < 4.78 is 75.0. The molecular formula is C29H31F5O2. The third-order valence-corrected chi connectivity index (χ3v) is 7.24. The summed E-state index contributed by atoms with van der Waals surface area (Å²) in [5, 5.41) is 1.40. The maximum Gasteiger partial charge on any atom is 0.573 e. The standard InChI is InChI=1S/C29H31F5O2/c1-35-16-2-3-19-4-8-21(9-5-19)23-13-14-25-24(18-23)12-11-22(28(25)31)10-6-20-7-15-27(26(30)17-20)36-29(32,33)34/h7,11-15,17-19,21H,2-6,8-10,16H2,1H3. The molecule has 0 atom stereocenters. The van der Waals surface area contributed by atoms with E-state index in [0.29, 0.717) is 28.9 Å². The molecule has 0 aromatic heterocycles. The molecule has 0 aliphatic heterocycles. The molecule has 7 heteroatoms. The minimum Gasteiger partial charge on any atom is -0.403 e. The van der Waals surface area contributed by atoms with Gasteiger partial charge in [-0.15, -0.1) is 13.2 Å². The lowest BCUT2D eigenvalue weighted by molar-refractivity contribution is -0.275. The fourth-order valence-electron chi connectivity index (χ4n) is 5.29. The second-order valence-corrected chi connectivity index (χ2v) is 9.68. The van der Waals surface area contributed by atoms with E-state index in [1.165, 1.54) is 30.9 Å². The van der Waals surface area contributed by atoms with Crippen LogP contribution in [0.4, 0.5) is 22.0 Å². The molecule has 1 fully saturated rings. The van der Waals surface area contributed by atoms with Crippen LogP contribution in [0.15, 0.2) is 48.5 Å². The third-order valence-electron chi connectivity index (χ3n) is 7.24. The Morgan fingerprint density at radius 2 is 1.67 bits per heavy atom. The van der Waals surface area contributed by atoms with Gasteiger partial charge in [-0.25, -0.2) is 8.78 Å². The molecule has 0 saturated heterocycles. The minimum atomic E-state index is -4.96. The first-order valence-electron chi connectivity index (χ1n) is 12.5. The lowest BCUT2D eigenvalue weighted by atomic mass is 9.77. The summed E-state index contributed by atoms with van der Waals surface area (Å²) in [4.78, 5) is 0. The molecule has 0 spiro atoms. The summed E-state index contributed by atoms with van der Waals surface area (Å²) in [7, 11) is 1.74. The van der Waals surface area contributed by atoms with E-state index in [0.717, 1.165) is 49.3 Å². The average Bonchev–Trinajstić information content (AvgIpc) is 2.85. The van der Waals surface area contributed by atoms with Crippen LogP contribution in [-0.2, 0) is 17.6 Å². The second kappa shape index (κ2) is 11.6. The summed E-state index contributed by atoms with van der Waals surface area (Å²) in [6, 6.07) is 12.9. The number of ether oxygens (including phenoxy) is 2. The number of hydrogen-bond donors (Lipinski definition) is 0. The van der Waals surface area contributed by atoms with E-state index in [2.05, 4.69) is 10.8 Å².